The summed E-state index contributed by atoms with van der Waals surface area (Å²) < 4.78 is 0. The Hall–Kier alpha value is -1.80. The van der Waals surface area contributed by atoms with Gasteiger partial charge in [-0.3, -0.25) is 0 Å². The summed E-state index contributed by atoms with van der Waals surface area (Å²) in [5, 5.41) is 8.92. The third-order valence-corrected chi connectivity index (χ3v) is 4.26. The lowest BCUT2D eigenvalue weighted by Gasteiger charge is -2.29. The van der Waals surface area contributed by atoms with Crippen molar-refractivity contribution < 1.29 is 5.11 Å². The third kappa shape index (κ3) is 4.84. The first kappa shape index (κ1) is 17.6. The van der Waals surface area contributed by atoms with Gasteiger partial charge in [0.2, 0.25) is 0 Å². The number of hydrogen-bond acceptors (Lipinski definition) is 2. The van der Waals surface area contributed by atoms with Crippen molar-refractivity contribution in [1.82, 2.24) is 0 Å². The van der Waals surface area contributed by atoms with Crippen molar-refractivity contribution in [2.75, 3.05) is 18.1 Å². The average molecular weight is 311 g/mol. The van der Waals surface area contributed by atoms with Crippen LogP contribution in [0.2, 0.25) is 0 Å². The first-order valence-corrected chi connectivity index (χ1v) is 8.65. The highest BCUT2D eigenvalue weighted by Gasteiger charge is 2.14. The van der Waals surface area contributed by atoms with E-state index in [4.69, 9.17) is 5.11 Å². The molecule has 0 bridgehead atoms. The highest BCUT2D eigenvalue weighted by molar-refractivity contribution is 5.70. The van der Waals surface area contributed by atoms with Crippen LogP contribution in [-0.2, 0) is 0 Å². The topological polar surface area (TPSA) is 23.5 Å². The van der Waals surface area contributed by atoms with Crippen LogP contribution in [0.15, 0.2) is 42.5 Å². The number of aliphatic hydroxyl groups excluding tert-OH is 1. The number of unbranched alkanes of at least 4 members (excludes halogenated alkanes) is 3. The minimum absolute atomic E-state index is 0.304. The number of benzene rings is 2. The van der Waals surface area contributed by atoms with Crippen molar-refractivity contribution in [2.24, 2.45) is 0 Å². The molecule has 0 aliphatic heterocycles. The van der Waals surface area contributed by atoms with E-state index in [0.29, 0.717) is 6.61 Å². The molecule has 0 spiro atoms. The Labute approximate surface area is 140 Å². The number of aliphatic hydroxyl groups is 1. The molecule has 0 heterocycles. The van der Waals surface area contributed by atoms with E-state index in [-0.39, 0.29) is 0 Å². The molecular weight excluding hydrogens is 282 g/mol. The van der Waals surface area contributed by atoms with E-state index < -0.39 is 0 Å². The van der Waals surface area contributed by atoms with Crippen LogP contribution >= 0.6 is 0 Å². The lowest BCUT2D eigenvalue weighted by molar-refractivity contribution is 0.282. The minimum atomic E-state index is 0.304. The van der Waals surface area contributed by atoms with Crippen molar-refractivity contribution in [2.45, 2.75) is 46.5 Å². The van der Waals surface area contributed by atoms with Gasteiger partial charge in [0, 0.05) is 24.5 Å². The lowest BCUT2D eigenvalue weighted by Crippen LogP contribution is -2.20. The van der Waals surface area contributed by atoms with E-state index in [2.05, 4.69) is 68.1 Å². The third-order valence-electron chi connectivity index (χ3n) is 4.26. The van der Waals surface area contributed by atoms with Crippen molar-refractivity contribution >= 4 is 11.4 Å². The largest absolute Gasteiger partial charge is 0.396 e. The van der Waals surface area contributed by atoms with Gasteiger partial charge in [-0.2, -0.15) is 0 Å². The van der Waals surface area contributed by atoms with E-state index >= 15 is 0 Å². The van der Waals surface area contributed by atoms with Crippen molar-refractivity contribution in [3.8, 4) is 0 Å². The van der Waals surface area contributed by atoms with Gasteiger partial charge in [0.1, 0.15) is 0 Å². The molecular formula is C21H29NO. The van der Waals surface area contributed by atoms with Crippen LogP contribution in [0.4, 0.5) is 11.4 Å². The zero-order valence-electron chi connectivity index (χ0n) is 14.7. The van der Waals surface area contributed by atoms with Crippen LogP contribution in [0.5, 0.6) is 0 Å². The Morgan fingerprint density at radius 3 is 2.04 bits per heavy atom. The molecule has 23 heavy (non-hydrogen) atoms. The smallest absolute Gasteiger partial charge is 0.0470 e. The van der Waals surface area contributed by atoms with Crippen LogP contribution in [0.3, 0.4) is 0 Å². The summed E-state index contributed by atoms with van der Waals surface area (Å²) in [4.78, 5) is 2.45. The van der Waals surface area contributed by atoms with Gasteiger partial charge in [0.05, 0.1) is 0 Å². The molecule has 2 heteroatoms. The first-order valence-electron chi connectivity index (χ1n) is 8.65. The number of nitrogens with zero attached hydrogens (tertiary/aromatic N) is 1. The van der Waals surface area contributed by atoms with Gasteiger partial charge in [-0.1, -0.05) is 48.7 Å². The van der Waals surface area contributed by atoms with Gasteiger partial charge >= 0.3 is 0 Å². The highest BCUT2D eigenvalue weighted by Crippen LogP contribution is 2.32. The summed E-state index contributed by atoms with van der Waals surface area (Å²) in [6, 6.07) is 15.2. The van der Waals surface area contributed by atoms with E-state index in [9.17, 15) is 0 Å². The number of anilines is 2. The SMILES string of the molecule is Cc1cc(C)c(N(CCCCCCO)c2ccccc2)c(C)c1. The van der Waals surface area contributed by atoms with Gasteiger partial charge in [0.15, 0.2) is 0 Å². The molecule has 2 rings (SSSR count). The Morgan fingerprint density at radius 1 is 0.826 bits per heavy atom. The van der Waals surface area contributed by atoms with Gasteiger partial charge < -0.3 is 10.0 Å². The molecule has 0 aliphatic carbocycles. The van der Waals surface area contributed by atoms with Crippen LogP contribution in [0.25, 0.3) is 0 Å². The van der Waals surface area contributed by atoms with Crippen LogP contribution in [-0.4, -0.2) is 18.3 Å². The number of aryl methyl sites for hydroxylation is 3. The Morgan fingerprint density at radius 2 is 1.43 bits per heavy atom. The summed E-state index contributed by atoms with van der Waals surface area (Å²) in [5.41, 5.74) is 6.58. The minimum Gasteiger partial charge on any atom is -0.396 e. The molecule has 124 valence electrons. The molecule has 0 aromatic heterocycles. The summed E-state index contributed by atoms with van der Waals surface area (Å²) in [6.45, 7) is 7.89. The maximum absolute atomic E-state index is 8.92. The maximum atomic E-state index is 8.92. The molecule has 0 amide bonds. The molecule has 0 radical (unpaired) electrons. The first-order chi connectivity index (χ1) is 11.1. The Bertz CT molecular complexity index is 583. The predicted molar refractivity (Wildman–Crippen MR) is 99.7 cm³/mol. The van der Waals surface area contributed by atoms with Gasteiger partial charge in [-0.05, 0) is 56.9 Å². The molecule has 2 aromatic rings. The maximum Gasteiger partial charge on any atom is 0.0470 e. The Kier molecular flexibility index (Phi) is 6.66. The van der Waals surface area contributed by atoms with E-state index in [1.165, 1.54) is 28.1 Å². The quantitative estimate of drug-likeness (QED) is 0.668. The second-order valence-corrected chi connectivity index (χ2v) is 6.37. The molecule has 2 nitrogen and oxygen atoms in total. The summed E-state index contributed by atoms with van der Waals surface area (Å²) in [5.74, 6) is 0. The molecule has 0 aliphatic rings. The van der Waals surface area contributed by atoms with Gasteiger partial charge in [-0.15, -0.1) is 0 Å². The molecule has 0 unspecified atom stereocenters. The van der Waals surface area contributed by atoms with E-state index in [0.717, 1.165) is 32.2 Å². The number of rotatable bonds is 8. The van der Waals surface area contributed by atoms with E-state index in [1.54, 1.807) is 0 Å². The van der Waals surface area contributed by atoms with E-state index in [1.807, 2.05) is 0 Å². The molecule has 0 saturated carbocycles. The van der Waals surface area contributed by atoms with Gasteiger partial charge in [-0.25, -0.2) is 0 Å². The fraction of sp³-hybridized carbons (Fsp3) is 0.429. The number of para-hydroxylation sites is 1. The molecule has 0 fully saturated rings. The Balaban J connectivity index is 2.24. The summed E-state index contributed by atoms with van der Waals surface area (Å²) >= 11 is 0. The molecule has 2 aromatic carbocycles. The average Bonchev–Trinajstić information content (AvgIpc) is 2.53. The normalized spacial score (nSPS) is 10.8. The zero-order chi connectivity index (χ0) is 16.7. The summed E-state index contributed by atoms with van der Waals surface area (Å²) in [7, 11) is 0. The monoisotopic (exact) mass is 311 g/mol. The standard InChI is InChI=1S/C21H29NO/c1-17-15-18(2)21(19(3)16-17)22(13-9-4-5-10-14-23)20-11-7-6-8-12-20/h6-8,11-12,15-16,23H,4-5,9-10,13-14H2,1-3H3. The summed E-state index contributed by atoms with van der Waals surface area (Å²) in [6.07, 6.45) is 4.31. The molecule has 1 N–H and O–H groups in total. The van der Waals surface area contributed by atoms with Crippen molar-refractivity contribution in [3.63, 3.8) is 0 Å². The van der Waals surface area contributed by atoms with Crippen LogP contribution in [0.1, 0.15) is 42.4 Å². The highest BCUT2D eigenvalue weighted by atomic mass is 16.2. The molecule has 0 saturated heterocycles. The van der Waals surface area contributed by atoms with Gasteiger partial charge in [0.25, 0.3) is 0 Å². The van der Waals surface area contributed by atoms with Crippen LogP contribution in [0, 0.1) is 20.8 Å². The second-order valence-electron chi connectivity index (χ2n) is 6.37. The molecule has 0 atom stereocenters. The lowest BCUT2D eigenvalue weighted by atomic mass is 10.0. The fourth-order valence-electron chi connectivity index (χ4n) is 3.31. The zero-order valence-corrected chi connectivity index (χ0v) is 14.7. The van der Waals surface area contributed by atoms with Crippen LogP contribution < -0.4 is 4.90 Å². The van der Waals surface area contributed by atoms with Crippen molar-refractivity contribution in [1.29, 1.82) is 0 Å². The number of hydrogen-bond donors (Lipinski definition) is 1. The predicted octanol–water partition coefficient (Wildman–Crippen LogP) is 5.30. The van der Waals surface area contributed by atoms with Crippen molar-refractivity contribution in [3.05, 3.63) is 59.2 Å². The second kappa shape index (κ2) is 8.73. The fourth-order valence-corrected chi connectivity index (χ4v) is 3.31.